The van der Waals surface area contributed by atoms with Gasteiger partial charge in [-0.1, -0.05) is 0 Å². The van der Waals surface area contributed by atoms with Gasteiger partial charge in [0.1, 0.15) is 11.8 Å². The molecular weight excluding hydrogens is 246 g/mol. The second kappa shape index (κ2) is 7.47. The van der Waals surface area contributed by atoms with Crippen molar-refractivity contribution in [3.05, 3.63) is 11.9 Å². The van der Waals surface area contributed by atoms with Crippen molar-refractivity contribution in [2.45, 2.75) is 32.6 Å². The van der Waals surface area contributed by atoms with E-state index in [9.17, 15) is 5.11 Å². The molecule has 1 rings (SSSR count). The van der Waals surface area contributed by atoms with Crippen LogP contribution < -0.4 is 4.74 Å². The smallest absolute Gasteiger partial charge is 0.162 e. The molecule has 0 radical (unpaired) electrons. The van der Waals surface area contributed by atoms with Gasteiger partial charge >= 0.3 is 0 Å². The molecule has 0 aliphatic rings. The van der Waals surface area contributed by atoms with E-state index in [-0.39, 0.29) is 6.10 Å². The van der Waals surface area contributed by atoms with Gasteiger partial charge in [0.2, 0.25) is 0 Å². The molecule has 19 heavy (non-hydrogen) atoms. The Morgan fingerprint density at radius 2 is 2.16 bits per heavy atom. The predicted octanol–water partition coefficient (Wildman–Crippen LogP) is 0.912. The molecule has 6 nitrogen and oxygen atoms in total. The number of hydrogen-bond acceptors (Lipinski definition) is 5. The lowest BCUT2D eigenvalue weighted by Crippen LogP contribution is -2.25. The van der Waals surface area contributed by atoms with E-state index in [4.69, 9.17) is 9.47 Å². The molecule has 0 saturated heterocycles. The largest absolute Gasteiger partial charge is 0.493 e. The lowest BCUT2D eigenvalue weighted by atomic mass is 10.1. The molecule has 0 saturated carbocycles. The molecular formula is C13H25N3O3. The quantitative estimate of drug-likeness (QED) is 0.761. The van der Waals surface area contributed by atoms with E-state index < -0.39 is 6.10 Å². The van der Waals surface area contributed by atoms with Crippen LogP contribution in [-0.4, -0.2) is 60.2 Å². The molecule has 0 amide bonds. The maximum atomic E-state index is 10.4. The zero-order valence-electron chi connectivity index (χ0n) is 12.5. The van der Waals surface area contributed by atoms with Gasteiger partial charge in [0, 0.05) is 13.2 Å². The third-order valence-corrected chi connectivity index (χ3v) is 2.98. The Labute approximate surface area is 114 Å². The maximum absolute atomic E-state index is 10.4. The summed E-state index contributed by atoms with van der Waals surface area (Å²) in [6.45, 7) is 5.85. The number of hydrogen-bond donors (Lipinski definition) is 1. The molecule has 110 valence electrons. The first kappa shape index (κ1) is 15.9. The van der Waals surface area contributed by atoms with Crippen molar-refractivity contribution in [3.8, 4) is 5.75 Å². The first-order valence-corrected chi connectivity index (χ1v) is 6.55. The fourth-order valence-electron chi connectivity index (χ4n) is 1.88. The van der Waals surface area contributed by atoms with Crippen molar-refractivity contribution in [3.63, 3.8) is 0 Å². The van der Waals surface area contributed by atoms with Crippen molar-refractivity contribution in [1.82, 2.24) is 14.7 Å². The number of methoxy groups -OCH3 is 1. The van der Waals surface area contributed by atoms with Gasteiger partial charge in [0.05, 0.1) is 26.0 Å². The molecule has 1 heterocycles. The van der Waals surface area contributed by atoms with Gasteiger partial charge in [-0.05, 0) is 27.9 Å². The van der Waals surface area contributed by atoms with Gasteiger partial charge in [-0.15, -0.1) is 0 Å². The summed E-state index contributed by atoms with van der Waals surface area (Å²) < 4.78 is 12.5. The zero-order valence-corrected chi connectivity index (χ0v) is 12.5. The predicted molar refractivity (Wildman–Crippen MR) is 73.4 cm³/mol. The van der Waals surface area contributed by atoms with E-state index in [1.807, 2.05) is 27.9 Å². The van der Waals surface area contributed by atoms with E-state index in [1.54, 1.807) is 18.0 Å². The van der Waals surface area contributed by atoms with Gasteiger partial charge in [-0.25, -0.2) is 0 Å². The minimum atomic E-state index is -0.750. The highest BCUT2D eigenvalue weighted by Crippen LogP contribution is 2.28. The molecule has 0 aliphatic carbocycles. The van der Waals surface area contributed by atoms with E-state index in [1.165, 1.54) is 0 Å². The van der Waals surface area contributed by atoms with Crippen LogP contribution in [0.15, 0.2) is 6.20 Å². The summed E-state index contributed by atoms with van der Waals surface area (Å²) in [6.07, 6.45) is 0.584. The third kappa shape index (κ3) is 4.19. The second-order valence-corrected chi connectivity index (χ2v) is 4.73. The molecule has 1 aromatic heterocycles. The van der Waals surface area contributed by atoms with Crippen LogP contribution in [0.25, 0.3) is 0 Å². The van der Waals surface area contributed by atoms with Crippen LogP contribution in [0, 0.1) is 0 Å². The van der Waals surface area contributed by atoms with Crippen molar-refractivity contribution < 1.29 is 14.6 Å². The van der Waals surface area contributed by atoms with E-state index >= 15 is 0 Å². The number of aliphatic hydroxyl groups excluding tert-OH is 1. The van der Waals surface area contributed by atoms with Crippen LogP contribution in [0.4, 0.5) is 0 Å². The van der Waals surface area contributed by atoms with Crippen molar-refractivity contribution in [1.29, 1.82) is 0 Å². The Kier molecular flexibility index (Phi) is 6.27. The Bertz CT molecular complexity index is 379. The highest BCUT2D eigenvalue weighted by atomic mass is 16.5. The molecule has 0 aliphatic heterocycles. The van der Waals surface area contributed by atoms with Crippen LogP contribution in [0.5, 0.6) is 5.75 Å². The molecule has 2 unspecified atom stereocenters. The van der Waals surface area contributed by atoms with Crippen LogP contribution in [-0.2, 0) is 11.3 Å². The molecule has 2 atom stereocenters. The summed E-state index contributed by atoms with van der Waals surface area (Å²) in [5.74, 6) is 0.595. The highest BCUT2D eigenvalue weighted by Gasteiger charge is 2.25. The minimum absolute atomic E-state index is 0.297. The maximum Gasteiger partial charge on any atom is 0.162 e. The van der Waals surface area contributed by atoms with Crippen molar-refractivity contribution in [2.75, 3.05) is 34.4 Å². The van der Waals surface area contributed by atoms with Gasteiger partial charge in [-0.2, -0.15) is 5.10 Å². The van der Waals surface area contributed by atoms with Crippen molar-refractivity contribution >= 4 is 0 Å². The summed E-state index contributed by atoms with van der Waals surface area (Å²) in [7, 11) is 5.58. The molecule has 6 heteroatoms. The summed E-state index contributed by atoms with van der Waals surface area (Å²) in [6, 6.07) is 0. The SMILES string of the molecule is CCOC(C)C(O)c1c(OC)cnn1CCN(C)C. The van der Waals surface area contributed by atoms with Crippen LogP contribution in [0.2, 0.25) is 0 Å². The van der Waals surface area contributed by atoms with Gasteiger partial charge in [-0.3, -0.25) is 4.68 Å². The van der Waals surface area contributed by atoms with E-state index in [2.05, 4.69) is 10.00 Å². The number of likely N-dealkylation sites (N-methyl/N-ethyl adjacent to an activating group) is 1. The second-order valence-electron chi connectivity index (χ2n) is 4.73. The molecule has 1 N–H and O–H groups in total. The molecule has 0 aromatic carbocycles. The number of rotatable bonds is 8. The van der Waals surface area contributed by atoms with E-state index in [0.29, 0.717) is 24.6 Å². The topological polar surface area (TPSA) is 59.8 Å². The Morgan fingerprint density at radius 3 is 2.68 bits per heavy atom. The molecule has 1 aromatic rings. The summed E-state index contributed by atoms with van der Waals surface area (Å²) in [5.41, 5.74) is 0.672. The molecule has 0 fully saturated rings. The first-order chi connectivity index (χ1) is 9.01. The monoisotopic (exact) mass is 271 g/mol. The normalized spacial score (nSPS) is 14.7. The van der Waals surface area contributed by atoms with Crippen LogP contribution in [0.3, 0.4) is 0 Å². The summed E-state index contributed by atoms with van der Waals surface area (Å²) in [4.78, 5) is 2.07. The molecule has 0 bridgehead atoms. The minimum Gasteiger partial charge on any atom is -0.493 e. The fourth-order valence-corrected chi connectivity index (χ4v) is 1.88. The lowest BCUT2D eigenvalue weighted by molar-refractivity contribution is -0.0275. The first-order valence-electron chi connectivity index (χ1n) is 6.55. The number of ether oxygens (including phenoxy) is 2. The van der Waals surface area contributed by atoms with Crippen LogP contribution in [0.1, 0.15) is 25.6 Å². The van der Waals surface area contributed by atoms with Gasteiger partial charge < -0.3 is 19.5 Å². The number of nitrogens with zero attached hydrogens (tertiary/aromatic N) is 3. The average molecular weight is 271 g/mol. The van der Waals surface area contributed by atoms with Crippen molar-refractivity contribution in [2.24, 2.45) is 0 Å². The van der Waals surface area contributed by atoms with E-state index in [0.717, 1.165) is 6.54 Å². The third-order valence-electron chi connectivity index (χ3n) is 2.98. The van der Waals surface area contributed by atoms with Gasteiger partial charge in [0.25, 0.3) is 0 Å². The average Bonchev–Trinajstić information content (AvgIpc) is 2.78. The summed E-state index contributed by atoms with van der Waals surface area (Å²) >= 11 is 0. The highest BCUT2D eigenvalue weighted by molar-refractivity contribution is 5.28. The number of aliphatic hydroxyl groups is 1. The Hall–Kier alpha value is -1.11. The zero-order chi connectivity index (χ0) is 14.4. The lowest BCUT2D eigenvalue weighted by Gasteiger charge is -2.21. The molecule has 0 spiro atoms. The Balaban J connectivity index is 2.91. The van der Waals surface area contributed by atoms with Crippen LogP contribution >= 0.6 is 0 Å². The number of aromatic nitrogens is 2. The standard InChI is InChI=1S/C13H25N3O3/c1-6-19-10(2)13(17)12-11(18-5)9-14-16(12)8-7-15(3)4/h9-10,13,17H,6-8H2,1-5H3. The summed E-state index contributed by atoms with van der Waals surface area (Å²) in [5, 5.41) is 14.7. The Morgan fingerprint density at radius 1 is 1.47 bits per heavy atom. The van der Waals surface area contributed by atoms with Gasteiger partial charge in [0.15, 0.2) is 5.75 Å². The fraction of sp³-hybridized carbons (Fsp3) is 0.769.